The number of carbonyl (C=O) groups is 1. The summed E-state index contributed by atoms with van der Waals surface area (Å²) in [7, 11) is 1.72. The van der Waals surface area contributed by atoms with Crippen LogP contribution in [0.2, 0.25) is 0 Å². The Hall–Kier alpha value is -3.65. The van der Waals surface area contributed by atoms with Crippen LogP contribution < -0.4 is 9.64 Å². The Balaban J connectivity index is 1.49. The minimum atomic E-state index is -0.561. The summed E-state index contributed by atoms with van der Waals surface area (Å²) in [6.45, 7) is 9.25. The first-order chi connectivity index (χ1) is 17.6. The van der Waals surface area contributed by atoms with Gasteiger partial charge in [0, 0.05) is 44.4 Å². The van der Waals surface area contributed by atoms with Gasteiger partial charge in [0.1, 0.15) is 11.7 Å². The lowest BCUT2D eigenvalue weighted by Gasteiger charge is -2.25. The maximum absolute atomic E-state index is 12.5. The standard InChI is InChI=1S/C29H36N4O4/c1-20-10-13-27(30-16-20)36-22-14-15-33(18-22)26-12-11-24(31-25(26)19-34)23-9-7-6-8-21(23)17-32(5)28(35)37-29(2,3)4/h6-13,16,22,34H,14-15,17-19H2,1-5H3. The highest BCUT2D eigenvalue weighted by molar-refractivity contribution is 5.70. The van der Waals surface area contributed by atoms with Gasteiger partial charge in [-0.15, -0.1) is 0 Å². The van der Waals surface area contributed by atoms with Gasteiger partial charge in [0.15, 0.2) is 0 Å². The van der Waals surface area contributed by atoms with Crippen molar-refractivity contribution < 1.29 is 19.4 Å². The summed E-state index contributed by atoms with van der Waals surface area (Å²) in [5.41, 5.74) is 4.65. The second-order valence-electron chi connectivity index (χ2n) is 10.5. The van der Waals surface area contributed by atoms with Crippen LogP contribution in [0.4, 0.5) is 10.5 Å². The average Bonchev–Trinajstić information content (AvgIpc) is 3.32. The molecule has 0 aliphatic carbocycles. The van der Waals surface area contributed by atoms with Gasteiger partial charge in [-0.25, -0.2) is 14.8 Å². The van der Waals surface area contributed by atoms with Gasteiger partial charge in [-0.3, -0.25) is 0 Å². The number of aliphatic hydroxyl groups excluding tert-OH is 1. The van der Waals surface area contributed by atoms with Gasteiger partial charge in [0.2, 0.25) is 5.88 Å². The van der Waals surface area contributed by atoms with Crippen LogP contribution in [0.15, 0.2) is 54.7 Å². The van der Waals surface area contributed by atoms with Crippen molar-refractivity contribution in [2.24, 2.45) is 0 Å². The largest absolute Gasteiger partial charge is 0.472 e. The SMILES string of the molecule is Cc1ccc(OC2CCN(c3ccc(-c4ccccc4CN(C)C(=O)OC(C)(C)C)nc3CO)C2)nc1. The first kappa shape index (κ1) is 26.4. The van der Waals surface area contributed by atoms with E-state index in [0.29, 0.717) is 24.7 Å². The van der Waals surface area contributed by atoms with Gasteiger partial charge in [-0.2, -0.15) is 0 Å². The van der Waals surface area contributed by atoms with Crippen LogP contribution in [0, 0.1) is 6.92 Å². The van der Waals surface area contributed by atoms with Crippen LogP contribution in [-0.4, -0.2) is 57.9 Å². The number of carbonyl (C=O) groups excluding carboxylic acids is 1. The molecule has 1 aromatic carbocycles. The fraction of sp³-hybridized carbons (Fsp3) is 0.414. The predicted octanol–water partition coefficient (Wildman–Crippen LogP) is 4.97. The van der Waals surface area contributed by atoms with Gasteiger partial charge in [0.05, 0.1) is 30.2 Å². The highest BCUT2D eigenvalue weighted by atomic mass is 16.6. The van der Waals surface area contributed by atoms with Crippen molar-refractivity contribution in [2.75, 3.05) is 25.0 Å². The van der Waals surface area contributed by atoms with E-state index in [0.717, 1.165) is 41.0 Å². The zero-order chi connectivity index (χ0) is 26.6. The Morgan fingerprint density at radius 2 is 1.95 bits per heavy atom. The monoisotopic (exact) mass is 504 g/mol. The molecule has 3 heterocycles. The second kappa shape index (κ2) is 11.2. The number of anilines is 1. The third kappa shape index (κ3) is 6.77. The predicted molar refractivity (Wildman–Crippen MR) is 144 cm³/mol. The number of amides is 1. The number of aryl methyl sites for hydroxylation is 1. The molecule has 0 radical (unpaired) electrons. The summed E-state index contributed by atoms with van der Waals surface area (Å²) < 4.78 is 11.6. The number of ether oxygens (including phenoxy) is 2. The van der Waals surface area contributed by atoms with Crippen molar-refractivity contribution >= 4 is 11.8 Å². The smallest absolute Gasteiger partial charge is 0.410 e. The van der Waals surface area contributed by atoms with E-state index in [9.17, 15) is 9.90 Å². The molecule has 0 saturated carbocycles. The number of benzene rings is 1. The van der Waals surface area contributed by atoms with Crippen LogP contribution in [0.5, 0.6) is 5.88 Å². The van der Waals surface area contributed by atoms with E-state index in [1.165, 1.54) is 0 Å². The summed E-state index contributed by atoms with van der Waals surface area (Å²) in [6, 6.07) is 15.7. The fourth-order valence-corrected chi connectivity index (χ4v) is 4.35. The molecule has 1 N–H and O–H groups in total. The summed E-state index contributed by atoms with van der Waals surface area (Å²) in [6.07, 6.45) is 2.30. The Bertz CT molecular complexity index is 1220. The van der Waals surface area contributed by atoms with Gasteiger partial charge in [-0.1, -0.05) is 30.3 Å². The molecule has 1 fully saturated rings. The maximum Gasteiger partial charge on any atom is 0.410 e. The molecule has 1 atom stereocenters. The summed E-state index contributed by atoms with van der Waals surface area (Å²) in [4.78, 5) is 25.4. The highest BCUT2D eigenvalue weighted by Crippen LogP contribution is 2.30. The van der Waals surface area contributed by atoms with Crippen molar-refractivity contribution in [2.45, 2.75) is 59.0 Å². The molecule has 8 nitrogen and oxygen atoms in total. The Labute approximate surface area is 218 Å². The Morgan fingerprint density at radius 3 is 2.65 bits per heavy atom. The molecular weight excluding hydrogens is 468 g/mol. The van der Waals surface area contributed by atoms with E-state index in [4.69, 9.17) is 14.5 Å². The van der Waals surface area contributed by atoms with Gasteiger partial charge >= 0.3 is 6.09 Å². The van der Waals surface area contributed by atoms with Crippen LogP contribution in [0.3, 0.4) is 0 Å². The van der Waals surface area contributed by atoms with Crippen molar-refractivity contribution in [3.05, 3.63) is 71.5 Å². The number of hydrogen-bond donors (Lipinski definition) is 1. The molecule has 1 aliphatic rings. The van der Waals surface area contributed by atoms with E-state index in [1.807, 2.05) is 76.2 Å². The summed E-state index contributed by atoms with van der Waals surface area (Å²) >= 11 is 0. The highest BCUT2D eigenvalue weighted by Gasteiger charge is 2.27. The molecule has 0 bridgehead atoms. The molecule has 1 aliphatic heterocycles. The van der Waals surface area contributed by atoms with E-state index in [-0.39, 0.29) is 18.8 Å². The molecule has 8 heteroatoms. The normalized spacial score (nSPS) is 15.5. The van der Waals surface area contributed by atoms with Gasteiger partial charge in [0.25, 0.3) is 0 Å². The van der Waals surface area contributed by atoms with Crippen LogP contribution >= 0.6 is 0 Å². The fourth-order valence-electron chi connectivity index (χ4n) is 4.35. The van der Waals surface area contributed by atoms with E-state index in [1.54, 1.807) is 18.1 Å². The number of pyridine rings is 2. The molecule has 37 heavy (non-hydrogen) atoms. The number of aliphatic hydroxyl groups is 1. The number of aromatic nitrogens is 2. The quantitative estimate of drug-likeness (QED) is 0.486. The van der Waals surface area contributed by atoms with Crippen molar-refractivity contribution in [1.82, 2.24) is 14.9 Å². The molecule has 1 unspecified atom stereocenters. The van der Waals surface area contributed by atoms with Crippen molar-refractivity contribution in [3.63, 3.8) is 0 Å². The second-order valence-corrected chi connectivity index (χ2v) is 10.5. The lowest BCUT2D eigenvalue weighted by atomic mass is 10.0. The minimum Gasteiger partial charge on any atom is -0.472 e. The Morgan fingerprint density at radius 1 is 1.16 bits per heavy atom. The number of hydrogen-bond acceptors (Lipinski definition) is 7. The van der Waals surface area contributed by atoms with E-state index in [2.05, 4.69) is 9.88 Å². The summed E-state index contributed by atoms with van der Waals surface area (Å²) in [5.74, 6) is 0.626. The molecule has 196 valence electrons. The van der Waals surface area contributed by atoms with Crippen LogP contribution in [-0.2, 0) is 17.9 Å². The molecule has 1 saturated heterocycles. The molecule has 2 aromatic heterocycles. The van der Waals surface area contributed by atoms with Crippen molar-refractivity contribution in [3.8, 4) is 17.1 Å². The lowest BCUT2D eigenvalue weighted by Crippen LogP contribution is -2.33. The topological polar surface area (TPSA) is 88.0 Å². The first-order valence-corrected chi connectivity index (χ1v) is 12.6. The molecular formula is C29H36N4O4. The van der Waals surface area contributed by atoms with E-state index >= 15 is 0 Å². The molecule has 1 amide bonds. The van der Waals surface area contributed by atoms with Crippen LogP contribution in [0.1, 0.15) is 44.0 Å². The van der Waals surface area contributed by atoms with E-state index < -0.39 is 5.60 Å². The third-order valence-electron chi connectivity index (χ3n) is 6.16. The molecule has 0 spiro atoms. The number of rotatable bonds is 7. The first-order valence-electron chi connectivity index (χ1n) is 12.6. The number of nitrogens with zero attached hydrogens (tertiary/aromatic N) is 4. The molecule has 3 aromatic rings. The average molecular weight is 505 g/mol. The summed E-state index contributed by atoms with van der Waals surface area (Å²) in [5, 5.41) is 10.2. The lowest BCUT2D eigenvalue weighted by molar-refractivity contribution is 0.0285. The third-order valence-corrected chi connectivity index (χ3v) is 6.16. The zero-order valence-corrected chi connectivity index (χ0v) is 22.3. The molecule has 4 rings (SSSR count). The zero-order valence-electron chi connectivity index (χ0n) is 22.3. The van der Waals surface area contributed by atoms with Crippen LogP contribution in [0.25, 0.3) is 11.3 Å². The van der Waals surface area contributed by atoms with Gasteiger partial charge < -0.3 is 24.4 Å². The Kier molecular flexibility index (Phi) is 7.97. The van der Waals surface area contributed by atoms with Crippen molar-refractivity contribution in [1.29, 1.82) is 0 Å². The minimum absolute atomic E-state index is 0.0190. The van der Waals surface area contributed by atoms with Gasteiger partial charge in [-0.05, 0) is 51.0 Å². The maximum atomic E-state index is 12.5.